The van der Waals surface area contributed by atoms with Crippen LogP contribution in [0.4, 0.5) is 5.82 Å². The molecule has 0 spiro atoms. The molecule has 220 valence electrons. The Hall–Kier alpha value is -4.96. The van der Waals surface area contributed by atoms with Crippen molar-refractivity contribution in [3.63, 3.8) is 0 Å². The molecule has 10 heteroatoms. The molecule has 6 rings (SSSR count). The van der Waals surface area contributed by atoms with Crippen LogP contribution in [0.2, 0.25) is 0 Å². The number of nitrogens with zero attached hydrogens (tertiary/aromatic N) is 4. The van der Waals surface area contributed by atoms with Crippen molar-refractivity contribution >= 4 is 22.6 Å². The largest absolute Gasteiger partial charge is 0.492 e. The highest BCUT2D eigenvalue weighted by molar-refractivity contribution is 6.07. The number of anilines is 1. The number of aryl methyl sites for hydroxylation is 1. The first kappa shape index (κ1) is 28.2. The fourth-order valence-corrected chi connectivity index (χ4v) is 5.88. The van der Waals surface area contributed by atoms with E-state index in [1.54, 1.807) is 12.1 Å². The number of imidazole rings is 1. The van der Waals surface area contributed by atoms with E-state index in [0.29, 0.717) is 17.9 Å². The number of aromatic nitrogens is 4. The second kappa shape index (κ2) is 12.1. The Balaban J connectivity index is 1.27. The van der Waals surface area contributed by atoms with Crippen LogP contribution in [-0.4, -0.2) is 56.0 Å². The number of fused-ring (bicyclic) bond motifs is 1. The minimum Gasteiger partial charge on any atom is -0.492 e. The van der Waals surface area contributed by atoms with Gasteiger partial charge in [0.1, 0.15) is 12.4 Å². The molecule has 10 nitrogen and oxygen atoms in total. The maximum absolute atomic E-state index is 13.8. The third-order valence-electron chi connectivity index (χ3n) is 8.09. The predicted molar refractivity (Wildman–Crippen MR) is 165 cm³/mol. The van der Waals surface area contributed by atoms with Gasteiger partial charge < -0.3 is 9.84 Å². The van der Waals surface area contributed by atoms with E-state index in [1.807, 2.05) is 67.8 Å². The highest BCUT2D eigenvalue weighted by Gasteiger charge is 2.28. The molecule has 1 aliphatic heterocycles. The van der Waals surface area contributed by atoms with Gasteiger partial charge in [-0.1, -0.05) is 18.2 Å². The van der Waals surface area contributed by atoms with Crippen LogP contribution < -0.4 is 15.3 Å². The summed E-state index contributed by atoms with van der Waals surface area (Å²) in [5.74, 6) is 0.111. The van der Waals surface area contributed by atoms with Gasteiger partial charge in [-0.05, 0) is 92.4 Å². The highest BCUT2D eigenvalue weighted by Crippen LogP contribution is 2.35. The first-order chi connectivity index (χ1) is 20.9. The van der Waals surface area contributed by atoms with Gasteiger partial charge in [0.05, 0.1) is 5.52 Å². The lowest BCUT2D eigenvalue weighted by molar-refractivity contribution is 0.0989. The summed E-state index contributed by atoms with van der Waals surface area (Å²) >= 11 is 0. The molecule has 1 fully saturated rings. The summed E-state index contributed by atoms with van der Waals surface area (Å²) < 4.78 is 6.33. The molecule has 0 radical (unpaired) electrons. The van der Waals surface area contributed by atoms with Crippen molar-refractivity contribution in [1.82, 2.24) is 24.8 Å². The van der Waals surface area contributed by atoms with Crippen LogP contribution in [-0.2, 0) is 13.2 Å². The lowest BCUT2D eigenvalue weighted by atomic mass is 9.85. The number of nitrogens with one attached hydrogen (secondary N) is 2. The molecule has 1 saturated heterocycles. The van der Waals surface area contributed by atoms with Crippen molar-refractivity contribution in [3.05, 3.63) is 111 Å². The maximum atomic E-state index is 13.8. The number of para-hydroxylation sites is 1. The number of ether oxygens (including phenoxy) is 1. The quantitative estimate of drug-likeness (QED) is 0.239. The van der Waals surface area contributed by atoms with Gasteiger partial charge in [0.25, 0.3) is 5.91 Å². The van der Waals surface area contributed by atoms with Crippen LogP contribution >= 0.6 is 0 Å². The average Bonchev–Trinajstić information content (AvgIpc) is 3.37. The van der Waals surface area contributed by atoms with E-state index >= 15 is 0 Å². The van der Waals surface area contributed by atoms with Crippen LogP contribution in [0.15, 0.2) is 77.9 Å². The summed E-state index contributed by atoms with van der Waals surface area (Å²) in [4.78, 5) is 42.7. The third kappa shape index (κ3) is 6.14. The number of piperidine rings is 1. The van der Waals surface area contributed by atoms with E-state index in [-0.39, 0.29) is 23.5 Å². The Kier molecular flexibility index (Phi) is 7.93. The Labute approximate surface area is 249 Å². The van der Waals surface area contributed by atoms with E-state index in [4.69, 9.17) is 4.74 Å². The van der Waals surface area contributed by atoms with Crippen molar-refractivity contribution in [2.45, 2.75) is 38.8 Å². The van der Waals surface area contributed by atoms with Gasteiger partial charge in [0.15, 0.2) is 5.82 Å². The molecule has 0 bridgehead atoms. The van der Waals surface area contributed by atoms with Gasteiger partial charge in [-0.2, -0.15) is 0 Å². The minimum atomic E-state index is -0.587. The highest BCUT2D eigenvalue weighted by atomic mass is 16.5. The zero-order valence-corrected chi connectivity index (χ0v) is 24.2. The lowest BCUT2D eigenvalue weighted by Gasteiger charge is -2.33. The molecular formula is C33H34N6O4. The first-order valence-electron chi connectivity index (χ1n) is 14.4. The van der Waals surface area contributed by atoms with Crippen LogP contribution in [0.25, 0.3) is 10.9 Å². The minimum absolute atomic E-state index is 0.0216. The average molecular weight is 579 g/mol. The summed E-state index contributed by atoms with van der Waals surface area (Å²) in [5.41, 5.74) is 4.93. The van der Waals surface area contributed by atoms with Crippen molar-refractivity contribution < 1.29 is 14.6 Å². The van der Waals surface area contributed by atoms with E-state index in [9.17, 15) is 14.7 Å². The van der Waals surface area contributed by atoms with Gasteiger partial charge in [0.2, 0.25) is 5.88 Å². The molecule has 1 amide bonds. The number of hydrogen-bond acceptors (Lipinski definition) is 7. The number of pyridine rings is 2. The topological polar surface area (TPSA) is 127 Å². The Morgan fingerprint density at radius 2 is 1.84 bits per heavy atom. The number of aromatic hydroxyl groups is 1. The van der Waals surface area contributed by atoms with E-state index < -0.39 is 5.69 Å². The summed E-state index contributed by atoms with van der Waals surface area (Å²) in [6, 6.07) is 19.7. The number of aromatic amines is 2. The Morgan fingerprint density at radius 3 is 2.58 bits per heavy atom. The molecule has 3 N–H and O–H groups in total. The zero-order valence-electron chi connectivity index (χ0n) is 24.2. The zero-order chi connectivity index (χ0) is 29.9. The molecular weight excluding hydrogens is 544 g/mol. The Bertz CT molecular complexity index is 1810. The molecule has 0 saturated carbocycles. The fraction of sp³-hybridized carbons (Fsp3) is 0.273. The van der Waals surface area contributed by atoms with Crippen LogP contribution in [0, 0.1) is 6.92 Å². The SMILES string of the molecule is Cc1cc(COc2ccc(C(=O)N(C)c3[nH]c(=O)[nH]c3O)c(C3CCN(Cc4ccncc4)CC3)c2)c2ccccc2n1. The number of benzene rings is 2. The number of hydrogen-bond donors (Lipinski definition) is 3. The number of carbonyl (C=O) groups is 1. The first-order valence-corrected chi connectivity index (χ1v) is 14.4. The van der Waals surface area contributed by atoms with Crippen LogP contribution in [0.5, 0.6) is 11.6 Å². The van der Waals surface area contributed by atoms with Crippen molar-refractivity contribution in [3.8, 4) is 11.6 Å². The van der Waals surface area contributed by atoms with Gasteiger partial charge in [-0.3, -0.25) is 34.5 Å². The molecule has 0 aliphatic carbocycles. The van der Waals surface area contributed by atoms with Crippen LogP contribution in [0.3, 0.4) is 0 Å². The van der Waals surface area contributed by atoms with Gasteiger partial charge >= 0.3 is 5.69 Å². The fourth-order valence-electron chi connectivity index (χ4n) is 5.88. The normalized spacial score (nSPS) is 14.2. The summed E-state index contributed by atoms with van der Waals surface area (Å²) in [6.07, 6.45) is 5.37. The van der Waals surface area contributed by atoms with Crippen molar-refractivity contribution in [2.24, 2.45) is 0 Å². The molecule has 0 atom stereocenters. The van der Waals surface area contributed by atoms with Gasteiger partial charge in [-0.15, -0.1) is 0 Å². The maximum Gasteiger partial charge on any atom is 0.327 e. The predicted octanol–water partition coefficient (Wildman–Crippen LogP) is 4.90. The number of likely N-dealkylation sites (tertiary alicyclic amines) is 1. The van der Waals surface area contributed by atoms with Crippen LogP contribution in [0.1, 0.15) is 51.5 Å². The molecule has 3 aromatic heterocycles. The second-order valence-electron chi connectivity index (χ2n) is 11.0. The number of rotatable bonds is 8. The molecule has 2 aromatic carbocycles. The summed E-state index contributed by atoms with van der Waals surface area (Å²) in [5, 5.41) is 11.2. The molecule has 5 aromatic rings. The smallest absolute Gasteiger partial charge is 0.327 e. The van der Waals surface area contributed by atoms with E-state index in [2.05, 4.69) is 24.8 Å². The Morgan fingerprint density at radius 1 is 1.07 bits per heavy atom. The van der Waals surface area contributed by atoms with Gasteiger partial charge in [-0.25, -0.2) is 4.79 Å². The number of H-pyrrole nitrogens is 2. The van der Waals surface area contributed by atoms with E-state index in [1.165, 1.54) is 17.5 Å². The molecule has 1 aliphatic rings. The number of amides is 1. The van der Waals surface area contributed by atoms with Crippen molar-refractivity contribution in [2.75, 3.05) is 25.0 Å². The number of carbonyl (C=O) groups excluding carboxylic acids is 1. The molecule has 4 heterocycles. The summed E-state index contributed by atoms with van der Waals surface area (Å²) in [7, 11) is 1.53. The lowest BCUT2D eigenvalue weighted by Crippen LogP contribution is -2.34. The van der Waals surface area contributed by atoms with Crippen molar-refractivity contribution in [1.29, 1.82) is 0 Å². The standard InChI is InChI=1S/C33H34N6O4/c1-21-17-24(26-5-3-4-6-29(26)35-21)20-43-25-7-8-27(32(41)38(2)30-31(40)37-33(42)36-30)28(18-25)23-11-15-39(16-12-23)19-22-9-13-34-14-10-22/h3-10,13-14,17-18,23,40H,11-12,15-16,19-20H2,1-2H3,(H2,36,37,42). The second-order valence-corrected chi connectivity index (χ2v) is 11.0. The third-order valence-corrected chi connectivity index (χ3v) is 8.09. The summed E-state index contributed by atoms with van der Waals surface area (Å²) in [6.45, 7) is 4.96. The molecule has 43 heavy (non-hydrogen) atoms. The van der Waals surface area contributed by atoms with Gasteiger partial charge in [0, 0.05) is 48.2 Å². The van der Waals surface area contributed by atoms with E-state index in [0.717, 1.165) is 60.2 Å². The monoisotopic (exact) mass is 578 g/mol. The molecule has 0 unspecified atom stereocenters.